The van der Waals surface area contributed by atoms with Crippen LogP contribution in [0.4, 0.5) is 0 Å². The summed E-state index contributed by atoms with van der Waals surface area (Å²) in [5, 5.41) is 1.04. The van der Waals surface area contributed by atoms with Crippen molar-refractivity contribution in [2.45, 2.75) is 18.5 Å². The number of para-hydroxylation sites is 1. The SMILES string of the molecule is COC(=O)[C@H]1Cc2c([nH]c3ccccc23)[C@@H](c2ccc(OC)cc2)N1C(=O)CCl. The van der Waals surface area contributed by atoms with Gasteiger partial charge < -0.3 is 19.4 Å². The first-order chi connectivity index (χ1) is 14.1. The lowest BCUT2D eigenvalue weighted by molar-refractivity contribution is -0.154. The highest BCUT2D eigenvalue weighted by molar-refractivity contribution is 6.27. The van der Waals surface area contributed by atoms with Crippen LogP contribution in [0.15, 0.2) is 48.5 Å². The van der Waals surface area contributed by atoms with Crippen LogP contribution in [0, 0.1) is 0 Å². The number of aromatic amines is 1. The summed E-state index contributed by atoms with van der Waals surface area (Å²) < 4.78 is 10.3. The fourth-order valence-electron chi connectivity index (χ4n) is 4.12. The Morgan fingerprint density at radius 1 is 1.14 bits per heavy atom. The summed E-state index contributed by atoms with van der Waals surface area (Å²) in [5.41, 5.74) is 3.70. The molecular formula is C22H21ClN2O4. The lowest BCUT2D eigenvalue weighted by atomic mass is 9.88. The number of amides is 1. The third-order valence-corrected chi connectivity index (χ3v) is 5.67. The number of H-pyrrole nitrogens is 1. The second-order valence-corrected chi connectivity index (χ2v) is 7.18. The van der Waals surface area contributed by atoms with Gasteiger partial charge in [-0.3, -0.25) is 4.79 Å². The molecule has 1 N–H and O–H groups in total. The Hall–Kier alpha value is -2.99. The second kappa shape index (κ2) is 7.79. The van der Waals surface area contributed by atoms with E-state index < -0.39 is 18.1 Å². The standard InChI is InChI=1S/C22H21ClN2O4/c1-28-14-9-7-13(8-10-14)21-20-16(15-5-3-4-6-17(15)24-20)11-18(22(27)29-2)25(21)19(26)12-23/h3-10,18,21,24H,11-12H2,1-2H3/t18-,21-/m1/s1. The molecule has 1 aliphatic rings. The van der Waals surface area contributed by atoms with Gasteiger partial charge in [0.2, 0.25) is 5.91 Å². The summed E-state index contributed by atoms with van der Waals surface area (Å²) in [6.45, 7) is 0. The lowest BCUT2D eigenvalue weighted by Gasteiger charge is -2.40. The van der Waals surface area contributed by atoms with Gasteiger partial charge in [0.05, 0.1) is 20.3 Å². The summed E-state index contributed by atoms with van der Waals surface area (Å²) in [4.78, 5) is 30.5. The summed E-state index contributed by atoms with van der Waals surface area (Å²) in [6.07, 6.45) is 0.362. The number of alkyl halides is 1. The zero-order chi connectivity index (χ0) is 20.5. The maximum Gasteiger partial charge on any atom is 0.328 e. The van der Waals surface area contributed by atoms with Crippen LogP contribution in [0.1, 0.15) is 22.9 Å². The highest BCUT2D eigenvalue weighted by Gasteiger charge is 2.43. The number of carbonyl (C=O) groups excluding carboxylic acids is 2. The van der Waals surface area contributed by atoms with Crippen molar-refractivity contribution in [2.75, 3.05) is 20.1 Å². The summed E-state index contributed by atoms with van der Waals surface area (Å²) in [5.74, 6) is -0.304. The molecule has 29 heavy (non-hydrogen) atoms. The zero-order valence-corrected chi connectivity index (χ0v) is 16.9. The molecule has 4 rings (SSSR count). The van der Waals surface area contributed by atoms with E-state index >= 15 is 0 Å². The van der Waals surface area contributed by atoms with Crippen molar-refractivity contribution in [1.82, 2.24) is 9.88 Å². The fraction of sp³-hybridized carbons (Fsp3) is 0.273. The number of aromatic nitrogens is 1. The van der Waals surface area contributed by atoms with E-state index in [1.807, 2.05) is 48.5 Å². The fourth-order valence-corrected chi connectivity index (χ4v) is 4.26. The number of esters is 1. The average Bonchev–Trinajstić information content (AvgIpc) is 3.15. The van der Waals surface area contributed by atoms with E-state index in [-0.39, 0.29) is 11.8 Å². The highest BCUT2D eigenvalue weighted by atomic mass is 35.5. The topological polar surface area (TPSA) is 71.6 Å². The van der Waals surface area contributed by atoms with Gasteiger partial charge in [-0.05, 0) is 29.3 Å². The molecule has 1 aromatic heterocycles. The first-order valence-electron chi connectivity index (χ1n) is 9.27. The number of hydrogen-bond acceptors (Lipinski definition) is 4. The quantitative estimate of drug-likeness (QED) is 0.526. The molecule has 3 aromatic rings. The van der Waals surface area contributed by atoms with Crippen molar-refractivity contribution in [3.8, 4) is 5.75 Å². The molecule has 1 amide bonds. The number of halogens is 1. The van der Waals surface area contributed by atoms with Crippen molar-refractivity contribution in [1.29, 1.82) is 0 Å². The molecule has 2 heterocycles. The molecule has 150 valence electrons. The van der Waals surface area contributed by atoms with Crippen molar-refractivity contribution >= 4 is 34.4 Å². The van der Waals surface area contributed by atoms with E-state index in [9.17, 15) is 9.59 Å². The van der Waals surface area contributed by atoms with Crippen LogP contribution in [0.5, 0.6) is 5.75 Å². The molecule has 0 radical (unpaired) electrons. The third kappa shape index (κ3) is 3.23. The molecule has 1 aliphatic heterocycles. The van der Waals surface area contributed by atoms with Crippen LogP contribution in [-0.4, -0.2) is 47.9 Å². The van der Waals surface area contributed by atoms with Gasteiger partial charge in [0.15, 0.2) is 0 Å². The number of methoxy groups -OCH3 is 2. The number of nitrogens with one attached hydrogen (secondary N) is 1. The summed E-state index contributed by atoms with van der Waals surface area (Å²) in [7, 11) is 2.93. The van der Waals surface area contributed by atoms with Crippen molar-refractivity contribution in [2.24, 2.45) is 0 Å². The molecule has 0 saturated carbocycles. The minimum atomic E-state index is -0.759. The number of nitrogens with zero attached hydrogens (tertiary/aromatic N) is 1. The molecular weight excluding hydrogens is 392 g/mol. The second-order valence-electron chi connectivity index (χ2n) is 6.92. The van der Waals surface area contributed by atoms with Crippen LogP contribution in [0.25, 0.3) is 10.9 Å². The van der Waals surface area contributed by atoms with Crippen LogP contribution >= 0.6 is 11.6 Å². The van der Waals surface area contributed by atoms with Crippen molar-refractivity contribution in [3.63, 3.8) is 0 Å². The molecule has 0 aliphatic carbocycles. The Morgan fingerprint density at radius 3 is 2.52 bits per heavy atom. The number of hydrogen-bond donors (Lipinski definition) is 1. The van der Waals surface area contributed by atoms with E-state index in [2.05, 4.69) is 4.98 Å². The molecule has 0 bridgehead atoms. The van der Waals surface area contributed by atoms with Gasteiger partial charge in [-0.1, -0.05) is 30.3 Å². The third-order valence-electron chi connectivity index (χ3n) is 5.44. The Morgan fingerprint density at radius 2 is 1.86 bits per heavy atom. The first-order valence-corrected chi connectivity index (χ1v) is 9.80. The minimum absolute atomic E-state index is 0.226. The molecule has 0 spiro atoms. The smallest absolute Gasteiger partial charge is 0.328 e. The van der Waals surface area contributed by atoms with Crippen LogP contribution in [-0.2, 0) is 20.7 Å². The van der Waals surface area contributed by atoms with Crippen LogP contribution < -0.4 is 4.74 Å². The molecule has 0 saturated heterocycles. The number of ether oxygens (including phenoxy) is 2. The molecule has 2 atom stereocenters. The number of fused-ring (bicyclic) bond motifs is 3. The maximum absolute atomic E-state index is 12.9. The normalized spacial score (nSPS) is 18.4. The Balaban J connectivity index is 1.95. The van der Waals surface area contributed by atoms with E-state index in [0.717, 1.165) is 27.7 Å². The van der Waals surface area contributed by atoms with E-state index in [1.54, 1.807) is 12.0 Å². The molecule has 7 heteroatoms. The molecule has 0 unspecified atom stereocenters. The van der Waals surface area contributed by atoms with E-state index in [0.29, 0.717) is 12.2 Å². The molecule has 6 nitrogen and oxygen atoms in total. The van der Waals surface area contributed by atoms with E-state index in [1.165, 1.54) is 7.11 Å². The zero-order valence-electron chi connectivity index (χ0n) is 16.1. The number of rotatable bonds is 4. The van der Waals surface area contributed by atoms with Crippen LogP contribution in [0.2, 0.25) is 0 Å². The predicted octanol–water partition coefficient (Wildman–Crippen LogP) is 3.43. The van der Waals surface area contributed by atoms with Crippen molar-refractivity contribution < 1.29 is 19.1 Å². The predicted molar refractivity (Wildman–Crippen MR) is 110 cm³/mol. The Kier molecular flexibility index (Phi) is 5.20. The van der Waals surface area contributed by atoms with Gasteiger partial charge in [-0.2, -0.15) is 0 Å². The number of benzene rings is 2. The van der Waals surface area contributed by atoms with Gasteiger partial charge in [-0.25, -0.2) is 4.79 Å². The van der Waals surface area contributed by atoms with E-state index in [4.69, 9.17) is 21.1 Å². The largest absolute Gasteiger partial charge is 0.497 e. The average molecular weight is 413 g/mol. The Labute approximate surface area is 173 Å². The summed E-state index contributed by atoms with van der Waals surface area (Å²) >= 11 is 5.93. The molecule has 2 aromatic carbocycles. The number of carbonyl (C=O) groups is 2. The highest BCUT2D eigenvalue weighted by Crippen LogP contribution is 2.41. The minimum Gasteiger partial charge on any atom is -0.497 e. The van der Waals surface area contributed by atoms with Gasteiger partial charge in [0.1, 0.15) is 17.7 Å². The monoisotopic (exact) mass is 412 g/mol. The summed E-state index contributed by atoms with van der Waals surface area (Å²) in [6, 6.07) is 14.1. The van der Waals surface area contributed by atoms with Crippen LogP contribution in [0.3, 0.4) is 0 Å². The van der Waals surface area contributed by atoms with Gasteiger partial charge >= 0.3 is 5.97 Å². The molecule has 0 fully saturated rings. The lowest BCUT2D eigenvalue weighted by Crippen LogP contribution is -2.52. The Bertz CT molecular complexity index is 1060. The van der Waals surface area contributed by atoms with Gasteiger partial charge in [-0.15, -0.1) is 11.6 Å². The van der Waals surface area contributed by atoms with Gasteiger partial charge in [0.25, 0.3) is 0 Å². The maximum atomic E-state index is 12.9. The van der Waals surface area contributed by atoms with Gasteiger partial charge in [0, 0.05) is 23.0 Å². The van der Waals surface area contributed by atoms with Crippen molar-refractivity contribution in [3.05, 3.63) is 65.4 Å². The first kappa shape index (κ1) is 19.3.